The molecule has 1 saturated carbocycles. The molecule has 0 heterocycles. The Balaban J connectivity index is 2.00. The fourth-order valence-corrected chi connectivity index (χ4v) is 1.90. The molecule has 0 saturated heterocycles. The molecule has 2 nitrogen and oxygen atoms in total. The van der Waals surface area contributed by atoms with Crippen LogP contribution in [-0.2, 0) is 0 Å². The van der Waals surface area contributed by atoms with Crippen LogP contribution in [0.3, 0.4) is 0 Å². The molecule has 1 fully saturated rings. The van der Waals surface area contributed by atoms with Crippen LogP contribution in [0.1, 0.15) is 37.3 Å². The molecule has 0 bridgehead atoms. The normalized spacial score (nSPS) is 17.2. The zero-order chi connectivity index (χ0) is 11.5. The van der Waals surface area contributed by atoms with Crippen LogP contribution >= 0.6 is 0 Å². The molecular formula is C13H18FNO. The maximum Gasteiger partial charge on any atom is 0.165 e. The lowest BCUT2D eigenvalue weighted by atomic mass is 10.0. The van der Waals surface area contributed by atoms with Gasteiger partial charge in [0.05, 0.1) is 7.11 Å². The maximum absolute atomic E-state index is 13.2. The molecule has 0 radical (unpaired) electrons. The molecule has 1 aliphatic carbocycles. The summed E-state index contributed by atoms with van der Waals surface area (Å²) in [5.41, 5.74) is 7.02. The molecule has 0 amide bonds. The number of hydrogen-bond acceptors (Lipinski definition) is 2. The first-order chi connectivity index (χ1) is 7.70. The molecule has 2 N–H and O–H groups in total. The molecule has 0 aromatic heterocycles. The molecule has 2 rings (SSSR count). The Morgan fingerprint density at radius 2 is 2.25 bits per heavy atom. The lowest BCUT2D eigenvalue weighted by Crippen LogP contribution is -2.10. The van der Waals surface area contributed by atoms with Gasteiger partial charge in [-0.15, -0.1) is 0 Å². The second-order valence-electron chi connectivity index (χ2n) is 4.52. The Kier molecular flexibility index (Phi) is 3.44. The van der Waals surface area contributed by atoms with Gasteiger partial charge < -0.3 is 10.5 Å². The maximum atomic E-state index is 13.2. The second-order valence-corrected chi connectivity index (χ2v) is 4.52. The standard InChI is InChI=1S/C13H18FNO/c1-16-13-8-10(5-6-11(13)14)12(15)7-4-9-2-3-9/h5-6,8-9,12H,2-4,7,15H2,1H3. The first kappa shape index (κ1) is 11.4. The highest BCUT2D eigenvalue weighted by Gasteiger charge is 2.22. The molecule has 1 atom stereocenters. The summed E-state index contributed by atoms with van der Waals surface area (Å²) < 4.78 is 18.1. The highest BCUT2D eigenvalue weighted by molar-refractivity contribution is 5.31. The third-order valence-corrected chi connectivity index (χ3v) is 3.19. The van der Waals surface area contributed by atoms with Crippen LogP contribution in [0, 0.1) is 11.7 Å². The number of benzene rings is 1. The molecule has 1 aliphatic rings. The van der Waals surface area contributed by atoms with E-state index in [1.54, 1.807) is 12.1 Å². The topological polar surface area (TPSA) is 35.2 Å². The van der Waals surface area contributed by atoms with Gasteiger partial charge in [0.1, 0.15) is 0 Å². The molecule has 3 heteroatoms. The van der Waals surface area contributed by atoms with Crippen molar-refractivity contribution in [2.45, 2.75) is 31.7 Å². The average molecular weight is 223 g/mol. The SMILES string of the molecule is COc1cc(C(N)CCC2CC2)ccc1F. The van der Waals surface area contributed by atoms with Crippen molar-refractivity contribution in [2.75, 3.05) is 7.11 Å². The van der Waals surface area contributed by atoms with Crippen LogP contribution in [0.15, 0.2) is 18.2 Å². The molecular weight excluding hydrogens is 205 g/mol. The van der Waals surface area contributed by atoms with Crippen molar-refractivity contribution in [2.24, 2.45) is 11.7 Å². The van der Waals surface area contributed by atoms with Gasteiger partial charge in [-0.1, -0.05) is 18.9 Å². The van der Waals surface area contributed by atoms with Crippen molar-refractivity contribution < 1.29 is 9.13 Å². The lowest BCUT2D eigenvalue weighted by Gasteiger charge is -2.13. The van der Waals surface area contributed by atoms with Crippen LogP contribution < -0.4 is 10.5 Å². The van der Waals surface area contributed by atoms with Gasteiger partial charge in [-0.05, 0) is 36.5 Å². The third kappa shape index (κ3) is 2.73. The fourth-order valence-electron chi connectivity index (χ4n) is 1.90. The molecule has 16 heavy (non-hydrogen) atoms. The smallest absolute Gasteiger partial charge is 0.165 e. The Bertz CT molecular complexity index is 363. The van der Waals surface area contributed by atoms with Gasteiger partial charge in [0.2, 0.25) is 0 Å². The van der Waals surface area contributed by atoms with Crippen LogP contribution in [-0.4, -0.2) is 7.11 Å². The Labute approximate surface area is 95.6 Å². The number of methoxy groups -OCH3 is 1. The molecule has 1 aromatic carbocycles. The third-order valence-electron chi connectivity index (χ3n) is 3.19. The summed E-state index contributed by atoms with van der Waals surface area (Å²) in [6, 6.07) is 4.86. The van der Waals surface area contributed by atoms with Gasteiger partial charge in [-0.2, -0.15) is 0 Å². The Hall–Kier alpha value is -1.09. The molecule has 0 aliphatic heterocycles. The predicted molar refractivity (Wildman–Crippen MR) is 61.8 cm³/mol. The van der Waals surface area contributed by atoms with Gasteiger partial charge in [-0.25, -0.2) is 4.39 Å². The van der Waals surface area contributed by atoms with E-state index < -0.39 is 0 Å². The van der Waals surface area contributed by atoms with Crippen molar-refractivity contribution in [1.82, 2.24) is 0 Å². The summed E-state index contributed by atoms with van der Waals surface area (Å²) in [4.78, 5) is 0. The van der Waals surface area contributed by atoms with E-state index in [2.05, 4.69) is 0 Å². The number of ether oxygens (including phenoxy) is 1. The van der Waals surface area contributed by atoms with Crippen LogP contribution in [0.2, 0.25) is 0 Å². The Morgan fingerprint density at radius 1 is 1.50 bits per heavy atom. The average Bonchev–Trinajstić information content (AvgIpc) is 3.10. The van der Waals surface area contributed by atoms with E-state index in [0.29, 0.717) is 0 Å². The van der Waals surface area contributed by atoms with Gasteiger partial charge in [0, 0.05) is 6.04 Å². The molecule has 0 spiro atoms. The van der Waals surface area contributed by atoms with Crippen molar-refractivity contribution in [3.63, 3.8) is 0 Å². The number of halogens is 1. The summed E-state index contributed by atoms with van der Waals surface area (Å²) in [5.74, 6) is 0.827. The largest absolute Gasteiger partial charge is 0.494 e. The van der Waals surface area contributed by atoms with Crippen molar-refractivity contribution >= 4 is 0 Å². The summed E-state index contributed by atoms with van der Waals surface area (Å²) in [6.07, 6.45) is 4.85. The van der Waals surface area contributed by atoms with Crippen LogP contribution in [0.5, 0.6) is 5.75 Å². The summed E-state index contributed by atoms with van der Waals surface area (Å²) in [6.45, 7) is 0. The van der Waals surface area contributed by atoms with Crippen LogP contribution in [0.25, 0.3) is 0 Å². The van der Waals surface area contributed by atoms with E-state index >= 15 is 0 Å². The van der Waals surface area contributed by atoms with Gasteiger partial charge in [0.15, 0.2) is 11.6 Å². The summed E-state index contributed by atoms with van der Waals surface area (Å²) in [7, 11) is 1.47. The van der Waals surface area contributed by atoms with E-state index in [9.17, 15) is 4.39 Å². The van der Waals surface area contributed by atoms with Gasteiger partial charge in [0.25, 0.3) is 0 Å². The van der Waals surface area contributed by atoms with Crippen molar-refractivity contribution in [3.8, 4) is 5.75 Å². The minimum Gasteiger partial charge on any atom is -0.494 e. The minimum atomic E-state index is -0.333. The van der Waals surface area contributed by atoms with Gasteiger partial charge >= 0.3 is 0 Å². The lowest BCUT2D eigenvalue weighted by molar-refractivity contribution is 0.385. The van der Waals surface area contributed by atoms with E-state index in [-0.39, 0.29) is 17.6 Å². The first-order valence-corrected chi connectivity index (χ1v) is 5.79. The Morgan fingerprint density at radius 3 is 2.88 bits per heavy atom. The van der Waals surface area contributed by atoms with Crippen molar-refractivity contribution in [1.29, 1.82) is 0 Å². The van der Waals surface area contributed by atoms with Crippen LogP contribution in [0.4, 0.5) is 4.39 Å². The zero-order valence-electron chi connectivity index (χ0n) is 9.58. The van der Waals surface area contributed by atoms with E-state index in [1.165, 1.54) is 32.4 Å². The monoisotopic (exact) mass is 223 g/mol. The van der Waals surface area contributed by atoms with E-state index in [0.717, 1.165) is 17.9 Å². The highest BCUT2D eigenvalue weighted by Crippen LogP contribution is 2.35. The summed E-state index contributed by atoms with van der Waals surface area (Å²) in [5, 5.41) is 0. The minimum absolute atomic E-state index is 0.00454. The van der Waals surface area contributed by atoms with E-state index in [1.807, 2.05) is 0 Å². The zero-order valence-corrected chi connectivity index (χ0v) is 9.58. The summed E-state index contributed by atoms with van der Waals surface area (Å²) >= 11 is 0. The van der Waals surface area contributed by atoms with Crippen molar-refractivity contribution in [3.05, 3.63) is 29.6 Å². The predicted octanol–water partition coefficient (Wildman–Crippen LogP) is 3.02. The first-order valence-electron chi connectivity index (χ1n) is 5.79. The number of nitrogens with two attached hydrogens (primary N) is 1. The molecule has 88 valence electrons. The highest BCUT2D eigenvalue weighted by atomic mass is 19.1. The molecule has 1 unspecified atom stereocenters. The molecule has 1 aromatic rings. The second kappa shape index (κ2) is 4.83. The quantitative estimate of drug-likeness (QED) is 0.832. The number of hydrogen-bond donors (Lipinski definition) is 1. The van der Waals surface area contributed by atoms with E-state index in [4.69, 9.17) is 10.5 Å². The van der Waals surface area contributed by atoms with Gasteiger partial charge in [-0.3, -0.25) is 0 Å². The fraction of sp³-hybridized carbons (Fsp3) is 0.538. The number of rotatable bonds is 5.